The Morgan fingerprint density at radius 3 is 2.44 bits per heavy atom. The minimum Gasteiger partial charge on any atom is -0.496 e. The first kappa shape index (κ1) is 12.3. The van der Waals surface area contributed by atoms with Crippen LogP contribution in [0.25, 0.3) is 0 Å². The molecule has 0 unspecified atom stereocenters. The second-order valence-electron chi connectivity index (χ2n) is 3.83. The Hall–Kier alpha value is -1.77. The van der Waals surface area contributed by atoms with Gasteiger partial charge in [0, 0.05) is 12.0 Å². The van der Waals surface area contributed by atoms with Crippen LogP contribution in [0.2, 0.25) is 0 Å². The van der Waals surface area contributed by atoms with E-state index in [1.54, 1.807) is 7.11 Å². The molecule has 0 aliphatic heterocycles. The van der Waals surface area contributed by atoms with Gasteiger partial charge in [-0.1, -0.05) is 12.6 Å². The highest BCUT2D eigenvalue weighted by Gasteiger charge is 2.11. The smallest absolute Gasteiger partial charge is 0.331 e. The molecule has 0 atom stereocenters. The molecule has 16 heavy (non-hydrogen) atoms. The molecule has 0 aliphatic rings. The molecule has 1 aromatic rings. The minimum absolute atomic E-state index is 0.168. The van der Waals surface area contributed by atoms with Gasteiger partial charge in [-0.15, -0.1) is 0 Å². The summed E-state index contributed by atoms with van der Waals surface area (Å²) in [5.41, 5.74) is 3.27. The molecular weight excluding hydrogens is 204 g/mol. The van der Waals surface area contributed by atoms with Gasteiger partial charge >= 0.3 is 5.97 Å². The van der Waals surface area contributed by atoms with Crippen LogP contribution in [0.15, 0.2) is 24.3 Å². The topological polar surface area (TPSA) is 46.5 Å². The molecule has 0 aromatic heterocycles. The molecule has 3 nitrogen and oxygen atoms in total. The van der Waals surface area contributed by atoms with Gasteiger partial charge in [0.05, 0.1) is 7.11 Å². The van der Waals surface area contributed by atoms with Gasteiger partial charge in [-0.2, -0.15) is 0 Å². The van der Waals surface area contributed by atoms with Crippen molar-refractivity contribution < 1.29 is 14.6 Å². The average molecular weight is 220 g/mol. The molecule has 86 valence electrons. The summed E-state index contributed by atoms with van der Waals surface area (Å²) in [6.07, 6.45) is 0.305. The van der Waals surface area contributed by atoms with Crippen LogP contribution in [0.4, 0.5) is 0 Å². The second-order valence-corrected chi connectivity index (χ2v) is 3.83. The molecular formula is C13H16O3. The average Bonchev–Trinajstić information content (AvgIpc) is 2.22. The van der Waals surface area contributed by atoms with Crippen LogP contribution in [-0.4, -0.2) is 18.2 Å². The molecule has 0 saturated carbocycles. The van der Waals surface area contributed by atoms with Crippen molar-refractivity contribution in [2.75, 3.05) is 7.11 Å². The van der Waals surface area contributed by atoms with Crippen molar-refractivity contribution in [3.63, 3.8) is 0 Å². The van der Waals surface area contributed by atoms with E-state index in [9.17, 15) is 4.79 Å². The lowest BCUT2D eigenvalue weighted by molar-refractivity contribution is -0.132. The molecule has 0 saturated heterocycles. The van der Waals surface area contributed by atoms with Gasteiger partial charge in [-0.25, -0.2) is 4.79 Å². The molecule has 0 heterocycles. The molecule has 0 aliphatic carbocycles. The van der Waals surface area contributed by atoms with Gasteiger partial charge in [-0.3, -0.25) is 0 Å². The van der Waals surface area contributed by atoms with Crippen LogP contribution in [-0.2, 0) is 11.2 Å². The number of carbonyl (C=O) groups is 1. The number of aryl methyl sites for hydroxylation is 2. The van der Waals surface area contributed by atoms with E-state index in [4.69, 9.17) is 9.84 Å². The summed E-state index contributed by atoms with van der Waals surface area (Å²) in [6.45, 7) is 7.50. The Morgan fingerprint density at radius 2 is 1.94 bits per heavy atom. The zero-order valence-electron chi connectivity index (χ0n) is 9.83. The fourth-order valence-electron chi connectivity index (χ4n) is 1.48. The summed E-state index contributed by atoms with van der Waals surface area (Å²) in [5, 5.41) is 8.79. The van der Waals surface area contributed by atoms with Crippen LogP contribution in [0.3, 0.4) is 0 Å². The number of carboxylic acids is 1. The van der Waals surface area contributed by atoms with E-state index in [1.165, 1.54) is 0 Å². The first-order chi connectivity index (χ1) is 7.45. The number of hydrogen-bond donors (Lipinski definition) is 1. The first-order valence-electron chi connectivity index (χ1n) is 5.01. The molecule has 0 amide bonds. The molecule has 0 fully saturated rings. The highest BCUT2D eigenvalue weighted by atomic mass is 16.5. The van der Waals surface area contributed by atoms with Crippen molar-refractivity contribution in [1.29, 1.82) is 0 Å². The van der Waals surface area contributed by atoms with Crippen LogP contribution in [0.1, 0.15) is 16.7 Å². The third-order valence-electron chi connectivity index (χ3n) is 2.60. The number of benzene rings is 1. The monoisotopic (exact) mass is 220 g/mol. The Morgan fingerprint density at radius 1 is 1.38 bits per heavy atom. The zero-order valence-corrected chi connectivity index (χ0v) is 9.83. The lowest BCUT2D eigenvalue weighted by Crippen LogP contribution is -2.04. The molecule has 3 heteroatoms. The lowest BCUT2D eigenvalue weighted by Gasteiger charge is -2.11. The van der Waals surface area contributed by atoms with Gasteiger partial charge in [0.25, 0.3) is 0 Å². The summed E-state index contributed by atoms with van der Waals surface area (Å²) in [7, 11) is 1.58. The van der Waals surface area contributed by atoms with Crippen LogP contribution < -0.4 is 4.74 Å². The number of methoxy groups -OCH3 is 1. The zero-order chi connectivity index (χ0) is 12.3. The van der Waals surface area contributed by atoms with E-state index >= 15 is 0 Å². The lowest BCUT2D eigenvalue weighted by atomic mass is 10.00. The van der Waals surface area contributed by atoms with Crippen molar-refractivity contribution in [3.8, 4) is 5.75 Å². The molecule has 1 rings (SSSR count). The van der Waals surface area contributed by atoms with E-state index in [0.29, 0.717) is 12.2 Å². The summed E-state index contributed by atoms with van der Waals surface area (Å²) in [6, 6.07) is 3.86. The third kappa shape index (κ3) is 2.63. The van der Waals surface area contributed by atoms with Gasteiger partial charge < -0.3 is 9.84 Å². The molecule has 0 spiro atoms. The van der Waals surface area contributed by atoms with E-state index < -0.39 is 5.97 Å². The number of aliphatic carboxylic acids is 1. The number of hydrogen-bond acceptors (Lipinski definition) is 2. The number of ether oxygens (including phenoxy) is 1. The van der Waals surface area contributed by atoms with E-state index in [-0.39, 0.29) is 5.57 Å². The van der Waals surface area contributed by atoms with Crippen molar-refractivity contribution in [1.82, 2.24) is 0 Å². The molecule has 0 radical (unpaired) electrons. The van der Waals surface area contributed by atoms with E-state index in [2.05, 4.69) is 6.58 Å². The number of carboxylic acid groups (broad SMARTS) is 1. The maximum absolute atomic E-state index is 10.7. The maximum Gasteiger partial charge on any atom is 0.331 e. The highest BCUT2D eigenvalue weighted by Crippen LogP contribution is 2.25. The normalized spacial score (nSPS) is 9.94. The molecule has 1 aromatic carbocycles. The quantitative estimate of drug-likeness (QED) is 0.793. The first-order valence-corrected chi connectivity index (χ1v) is 5.01. The summed E-state index contributed by atoms with van der Waals surface area (Å²) in [4.78, 5) is 10.7. The van der Waals surface area contributed by atoms with Gasteiger partial charge in [0.2, 0.25) is 0 Å². The largest absolute Gasteiger partial charge is 0.496 e. The fraction of sp³-hybridized carbons (Fsp3) is 0.308. The van der Waals surface area contributed by atoms with Crippen LogP contribution in [0.5, 0.6) is 5.75 Å². The SMILES string of the molecule is C=C(Cc1cc(C)c(C)cc1OC)C(=O)O. The summed E-state index contributed by atoms with van der Waals surface area (Å²) in [5.74, 6) is -0.259. The Kier molecular flexibility index (Phi) is 3.72. The van der Waals surface area contributed by atoms with E-state index in [0.717, 1.165) is 16.7 Å². The van der Waals surface area contributed by atoms with Crippen molar-refractivity contribution >= 4 is 5.97 Å². The van der Waals surface area contributed by atoms with E-state index in [1.807, 2.05) is 26.0 Å². The molecule has 0 bridgehead atoms. The molecule has 1 N–H and O–H groups in total. The van der Waals surface area contributed by atoms with Crippen LogP contribution in [0, 0.1) is 13.8 Å². The third-order valence-corrected chi connectivity index (χ3v) is 2.60. The Balaban J connectivity index is 3.08. The summed E-state index contributed by atoms with van der Waals surface area (Å²) < 4.78 is 5.23. The van der Waals surface area contributed by atoms with Gasteiger partial charge in [0.1, 0.15) is 5.75 Å². The minimum atomic E-state index is -0.972. The van der Waals surface area contributed by atoms with Crippen LogP contribution >= 0.6 is 0 Å². The maximum atomic E-state index is 10.7. The van der Waals surface area contributed by atoms with Gasteiger partial charge in [0.15, 0.2) is 0 Å². The van der Waals surface area contributed by atoms with Gasteiger partial charge in [-0.05, 0) is 36.6 Å². The predicted molar refractivity (Wildman–Crippen MR) is 62.9 cm³/mol. The van der Waals surface area contributed by atoms with Crippen molar-refractivity contribution in [2.45, 2.75) is 20.3 Å². The fourth-order valence-corrected chi connectivity index (χ4v) is 1.48. The Bertz CT molecular complexity index is 433. The second kappa shape index (κ2) is 4.84. The van der Waals surface area contributed by atoms with Crippen molar-refractivity contribution in [3.05, 3.63) is 41.0 Å². The number of rotatable bonds is 4. The highest BCUT2D eigenvalue weighted by molar-refractivity contribution is 5.86. The standard InChI is InChI=1S/C13H16O3/c1-8-5-11(6-10(3)13(14)15)12(16-4)7-9(8)2/h5,7H,3,6H2,1-2,4H3,(H,14,15). The Labute approximate surface area is 95.4 Å². The van der Waals surface area contributed by atoms with Crippen molar-refractivity contribution in [2.24, 2.45) is 0 Å². The summed E-state index contributed by atoms with van der Waals surface area (Å²) >= 11 is 0. The predicted octanol–water partition coefficient (Wildman–Crippen LogP) is 2.50.